The molecule has 1 fully saturated rings. The number of hydrogen-bond acceptors (Lipinski definition) is 5. The van der Waals surface area contributed by atoms with Gasteiger partial charge in [-0.2, -0.15) is 0 Å². The topological polar surface area (TPSA) is 81.6 Å². The van der Waals surface area contributed by atoms with E-state index >= 15 is 0 Å². The van der Waals surface area contributed by atoms with E-state index in [0.29, 0.717) is 19.7 Å². The van der Waals surface area contributed by atoms with Crippen LogP contribution in [0, 0.1) is 10.1 Å². The van der Waals surface area contributed by atoms with Crippen molar-refractivity contribution in [1.29, 1.82) is 0 Å². The summed E-state index contributed by atoms with van der Waals surface area (Å²) < 4.78 is 5.52. The minimum Gasteiger partial charge on any atom is -0.374 e. The van der Waals surface area contributed by atoms with E-state index in [-0.39, 0.29) is 22.8 Å². The summed E-state index contributed by atoms with van der Waals surface area (Å²) in [4.78, 5) is 12.9. The van der Waals surface area contributed by atoms with Crippen LogP contribution in [0.25, 0.3) is 0 Å². The Bertz CT molecular complexity index is 453. The molecule has 1 aromatic carbocycles. The molecule has 6 nitrogen and oxygen atoms in total. The first-order chi connectivity index (χ1) is 9.13. The van der Waals surface area contributed by atoms with Crippen molar-refractivity contribution >= 4 is 5.69 Å². The first-order valence-electron chi connectivity index (χ1n) is 6.42. The van der Waals surface area contributed by atoms with E-state index in [9.17, 15) is 10.1 Å². The summed E-state index contributed by atoms with van der Waals surface area (Å²) in [5.41, 5.74) is 6.54. The van der Waals surface area contributed by atoms with Crippen molar-refractivity contribution in [3.8, 4) is 0 Å². The Morgan fingerprint density at radius 2 is 2.32 bits per heavy atom. The van der Waals surface area contributed by atoms with Crippen LogP contribution in [0.5, 0.6) is 0 Å². The molecule has 2 rings (SSSR count). The van der Waals surface area contributed by atoms with Gasteiger partial charge in [-0.05, 0) is 6.92 Å². The Morgan fingerprint density at radius 3 is 3.00 bits per heavy atom. The number of nitrogens with zero attached hydrogens (tertiary/aromatic N) is 2. The smallest absolute Gasteiger partial charge is 0.274 e. The maximum Gasteiger partial charge on any atom is 0.274 e. The summed E-state index contributed by atoms with van der Waals surface area (Å²) in [6.07, 6.45) is 0.0129. The van der Waals surface area contributed by atoms with Crippen LogP contribution in [0.4, 0.5) is 5.69 Å². The highest BCUT2D eigenvalue weighted by Gasteiger charge is 2.27. The van der Waals surface area contributed by atoms with Crippen LogP contribution >= 0.6 is 0 Å². The normalized spacial score (nSPS) is 22.1. The van der Waals surface area contributed by atoms with Crippen LogP contribution in [0.1, 0.15) is 18.5 Å². The van der Waals surface area contributed by atoms with Crippen LogP contribution in [0.2, 0.25) is 0 Å². The molecule has 1 aliphatic rings. The predicted molar refractivity (Wildman–Crippen MR) is 71.9 cm³/mol. The fourth-order valence-corrected chi connectivity index (χ4v) is 2.44. The van der Waals surface area contributed by atoms with Crippen molar-refractivity contribution < 1.29 is 9.66 Å². The van der Waals surface area contributed by atoms with Gasteiger partial charge >= 0.3 is 0 Å². The number of ether oxygens (including phenoxy) is 1. The number of hydrogen-bond donors (Lipinski definition) is 1. The van der Waals surface area contributed by atoms with E-state index < -0.39 is 0 Å². The van der Waals surface area contributed by atoms with E-state index in [4.69, 9.17) is 10.5 Å². The fraction of sp³-hybridized carbons (Fsp3) is 0.538. The van der Waals surface area contributed by atoms with Gasteiger partial charge in [0.25, 0.3) is 5.69 Å². The minimum absolute atomic E-state index is 0.0129. The van der Waals surface area contributed by atoms with Crippen LogP contribution in [-0.4, -0.2) is 42.2 Å². The maximum atomic E-state index is 11.1. The average molecular weight is 265 g/mol. The van der Waals surface area contributed by atoms with Gasteiger partial charge in [-0.3, -0.25) is 15.0 Å². The number of morpholine rings is 1. The molecule has 0 aliphatic carbocycles. The SMILES string of the molecule is CC(c1ccccc1[N+](=O)[O-])N1CCOC(CN)C1. The molecule has 2 atom stereocenters. The average Bonchev–Trinajstić information content (AvgIpc) is 2.46. The van der Waals surface area contributed by atoms with Gasteiger partial charge in [0.05, 0.1) is 17.6 Å². The standard InChI is InChI=1S/C13H19N3O3/c1-10(15-6-7-19-11(8-14)9-15)12-4-2-3-5-13(12)16(17)18/h2-5,10-11H,6-9,14H2,1H3. The quantitative estimate of drug-likeness (QED) is 0.655. The highest BCUT2D eigenvalue weighted by Crippen LogP contribution is 2.29. The maximum absolute atomic E-state index is 11.1. The van der Waals surface area contributed by atoms with Crippen LogP contribution in [-0.2, 0) is 4.74 Å². The van der Waals surface area contributed by atoms with Crippen molar-refractivity contribution in [1.82, 2.24) is 4.90 Å². The van der Waals surface area contributed by atoms with Gasteiger partial charge in [0, 0.05) is 37.3 Å². The molecule has 1 aromatic rings. The molecule has 19 heavy (non-hydrogen) atoms. The van der Waals surface area contributed by atoms with Crippen LogP contribution in [0.15, 0.2) is 24.3 Å². The first-order valence-corrected chi connectivity index (χ1v) is 6.42. The van der Waals surface area contributed by atoms with Gasteiger partial charge in [0.2, 0.25) is 0 Å². The number of benzene rings is 1. The number of nitro groups is 1. The van der Waals surface area contributed by atoms with E-state index in [2.05, 4.69) is 4.90 Å². The van der Waals surface area contributed by atoms with Gasteiger partial charge in [0.15, 0.2) is 0 Å². The summed E-state index contributed by atoms with van der Waals surface area (Å²) in [6, 6.07) is 6.87. The lowest BCUT2D eigenvalue weighted by Crippen LogP contribution is -2.46. The highest BCUT2D eigenvalue weighted by atomic mass is 16.6. The van der Waals surface area contributed by atoms with E-state index in [0.717, 1.165) is 12.1 Å². The van der Waals surface area contributed by atoms with Gasteiger partial charge in [-0.25, -0.2) is 0 Å². The van der Waals surface area contributed by atoms with Crippen LogP contribution in [0.3, 0.4) is 0 Å². The van der Waals surface area contributed by atoms with E-state index in [1.807, 2.05) is 19.1 Å². The first kappa shape index (κ1) is 13.9. The molecule has 0 amide bonds. The summed E-state index contributed by atoms with van der Waals surface area (Å²) >= 11 is 0. The zero-order chi connectivity index (χ0) is 13.8. The van der Waals surface area contributed by atoms with Crippen molar-refractivity contribution in [2.24, 2.45) is 5.73 Å². The second kappa shape index (κ2) is 6.10. The van der Waals surface area contributed by atoms with Gasteiger partial charge in [-0.1, -0.05) is 18.2 Å². The number of nitrogens with two attached hydrogens (primary N) is 1. The van der Waals surface area contributed by atoms with E-state index in [1.165, 1.54) is 0 Å². The molecule has 1 aliphatic heterocycles. The number of nitro benzene ring substituents is 1. The van der Waals surface area contributed by atoms with Crippen molar-refractivity contribution in [3.05, 3.63) is 39.9 Å². The summed E-state index contributed by atoms with van der Waals surface area (Å²) in [5.74, 6) is 0. The molecule has 2 N–H and O–H groups in total. The third kappa shape index (κ3) is 3.09. The molecule has 1 saturated heterocycles. The Morgan fingerprint density at radius 1 is 1.58 bits per heavy atom. The third-order valence-corrected chi connectivity index (χ3v) is 3.56. The summed E-state index contributed by atoms with van der Waals surface area (Å²) in [7, 11) is 0. The zero-order valence-corrected chi connectivity index (χ0v) is 11.0. The molecular weight excluding hydrogens is 246 g/mol. The summed E-state index contributed by atoms with van der Waals surface area (Å²) in [5, 5.41) is 11.1. The Kier molecular flexibility index (Phi) is 4.47. The van der Waals surface area contributed by atoms with Crippen molar-refractivity contribution in [3.63, 3.8) is 0 Å². The molecular formula is C13H19N3O3. The second-order valence-electron chi connectivity index (χ2n) is 4.72. The Balaban J connectivity index is 2.19. The summed E-state index contributed by atoms with van der Waals surface area (Å²) in [6.45, 7) is 4.56. The highest BCUT2D eigenvalue weighted by molar-refractivity contribution is 5.41. The number of rotatable bonds is 4. The predicted octanol–water partition coefficient (Wildman–Crippen LogP) is 1.32. The molecule has 0 bridgehead atoms. The van der Waals surface area contributed by atoms with Gasteiger partial charge < -0.3 is 10.5 Å². The third-order valence-electron chi connectivity index (χ3n) is 3.56. The zero-order valence-electron chi connectivity index (χ0n) is 11.0. The lowest BCUT2D eigenvalue weighted by Gasteiger charge is -2.36. The molecule has 0 spiro atoms. The molecule has 0 radical (unpaired) electrons. The van der Waals surface area contributed by atoms with Crippen molar-refractivity contribution in [2.45, 2.75) is 19.1 Å². The Hall–Kier alpha value is -1.50. The van der Waals surface area contributed by atoms with Gasteiger partial charge in [0.1, 0.15) is 0 Å². The molecule has 0 saturated carbocycles. The molecule has 104 valence electrons. The molecule has 1 heterocycles. The molecule has 2 unspecified atom stereocenters. The van der Waals surface area contributed by atoms with Crippen LogP contribution < -0.4 is 5.73 Å². The second-order valence-corrected chi connectivity index (χ2v) is 4.72. The largest absolute Gasteiger partial charge is 0.374 e. The molecule has 0 aromatic heterocycles. The minimum atomic E-state index is -0.327. The molecule has 6 heteroatoms. The van der Waals surface area contributed by atoms with Crippen molar-refractivity contribution in [2.75, 3.05) is 26.2 Å². The lowest BCUT2D eigenvalue weighted by atomic mass is 10.0. The fourth-order valence-electron chi connectivity index (χ4n) is 2.44. The lowest BCUT2D eigenvalue weighted by molar-refractivity contribution is -0.386. The van der Waals surface area contributed by atoms with Gasteiger partial charge in [-0.15, -0.1) is 0 Å². The number of para-hydroxylation sites is 1. The Labute approximate surface area is 112 Å². The monoisotopic (exact) mass is 265 g/mol. The van der Waals surface area contributed by atoms with E-state index in [1.54, 1.807) is 12.1 Å².